The standard InChI is InChI=1S/C25H31F3N5P/c26-10-3-11-32-12-8-18(15-32)30-17-6-7-22(29-14-17)24-23-20(9-13-33(24)16-25(27,28)34)19-4-1-2-5-21(19)31-23/h1-2,4-7,14,18,24,30-31H,3,8-13,15-16,34H2. The molecule has 0 amide bonds. The van der Waals surface area contributed by atoms with Crippen molar-refractivity contribution in [1.29, 1.82) is 0 Å². The quantitative estimate of drug-likeness (QED) is 0.446. The molecule has 182 valence electrons. The molecule has 4 heterocycles. The van der Waals surface area contributed by atoms with Crippen LogP contribution < -0.4 is 5.32 Å². The first-order valence-electron chi connectivity index (χ1n) is 11.9. The van der Waals surface area contributed by atoms with Gasteiger partial charge in [-0.1, -0.05) is 27.4 Å². The van der Waals surface area contributed by atoms with Crippen molar-refractivity contribution in [3.8, 4) is 0 Å². The van der Waals surface area contributed by atoms with Crippen molar-refractivity contribution in [3.63, 3.8) is 0 Å². The van der Waals surface area contributed by atoms with E-state index in [-0.39, 0.29) is 19.3 Å². The number of hydrogen-bond donors (Lipinski definition) is 2. The van der Waals surface area contributed by atoms with E-state index in [0.717, 1.165) is 60.5 Å². The number of rotatable bonds is 8. The number of hydrogen-bond acceptors (Lipinski definition) is 4. The van der Waals surface area contributed by atoms with Gasteiger partial charge < -0.3 is 15.2 Å². The molecular weight excluding hydrogens is 458 g/mol. The summed E-state index contributed by atoms with van der Waals surface area (Å²) in [6.45, 7) is 2.56. The molecule has 3 aromatic rings. The number of para-hydroxylation sites is 1. The highest BCUT2D eigenvalue weighted by Gasteiger charge is 2.37. The van der Waals surface area contributed by atoms with Crippen LogP contribution in [0, 0.1) is 0 Å². The molecule has 5 nitrogen and oxygen atoms in total. The van der Waals surface area contributed by atoms with Gasteiger partial charge in [0.05, 0.1) is 36.8 Å². The average Bonchev–Trinajstić information content (AvgIpc) is 3.41. The van der Waals surface area contributed by atoms with Crippen molar-refractivity contribution in [1.82, 2.24) is 19.8 Å². The highest BCUT2D eigenvalue weighted by molar-refractivity contribution is 7.18. The van der Waals surface area contributed by atoms with Gasteiger partial charge >= 0.3 is 0 Å². The van der Waals surface area contributed by atoms with Crippen LogP contribution in [0.15, 0.2) is 42.6 Å². The smallest absolute Gasteiger partial charge is 0.271 e. The topological polar surface area (TPSA) is 47.2 Å². The molecular formula is C25H31F3N5P. The normalized spacial score (nSPS) is 21.8. The van der Waals surface area contributed by atoms with Crippen LogP contribution in [0.25, 0.3) is 10.9 Å². The Labute approximate surface area is 200 Å². The highest BCUT2D eigenvalue weighted by atomic mass is 31.0. The van der Waals surface area contributed by atoms with Crippen LogP contribution in [-0.4, -0.2) is 70.9 Å². The molecule has 0 aliphatic carbocycles. The predicted octanol–water partition coefficient (Wildman–Crippen LogP) is 4.82. The molecule has 1 aromatic carbocycles. The van der Waals surface area contributed by atoms with E-state index in [0.29, 0.717) is 19.0 Å². The fourth-order valence-electron chi connectivity index (χ4n) is 5.39. The molecule has 3 atom stereocenters. The van der Waals surface area contributed by atoms with Gasteiger partial charge in [0.25, 0.3) is 5.66 Å². The third-order valence-corrected chi connectivity index (χ3v) is 7.05. The second-order valence-corrected chi connectivity index (χ2v) is 10.2. The zero-order chi connectivity index (χ0) is 23.7. The van der Waals surface area contributed by atoms with E-state index in [1.807, 2.05) is 35.2 Å². The number of fused-ring (bicyclic) bond motifs is 3. The van der Waals surface area contributed by atoms with Gasteiger partial charge in [-0.05, 0) is 43.0 Å². The number of nitrogens with zero attached hydrogens (tertiary/aromatic N) is 3. The number of aromatic nitrogens is 2. The van der Waals surface area contributed by atoms with Crippen LogP contribution in [0.3, 0.4) is 0 Å². The van der Waals surface area contributed by atoms with Crippen molar-refractivity contribution < 1.29 is 13.2 Å². The zero-order valence-corrected chi connectivity index (χ0v) is 20.3. The second-order valence-electron chi connectivity index (χ2n) is 9.39. The Bertz CT molecular complexity index is 1110. The first-order chi connectivity index (χ1) is 16.4. The minimum atomic E-state index is -2.88. The Kier molecular flexibility index (Phi) is 6.83. The maximum Gasteiger partial charge on any atom is 0.271 e. The molecule has 0 radical (unpaired) electrons. The minimum Gasteiger partial charge on any atom is -0.380 e. The lowest BCUT2D eigenvalue weighted by Gasteiger charge is -2.36. The zero-order valence-electron chi connectivity index (χ0n) is 19.1. The van der Waals surface area contributed by atoms with Gasteiger partial charge in [0.2, 0.25) is 0 Å². The molecule has 0 saturated carbocycles. The summed E-state index contributed by atoms with van der Waals surface area (Å²) in [6.07, 6.45) is 4.10. The van der Waals surface area contributed by atoms with Gasteiger partial charge in [-0.2, -0.15) is 0 Å². The first kappa shape index (κ1) is 23.6. The van der Waals surface area contributed by atoms with E-state index in [2.05, 4.69) is 21.3 Å². The Hall–Kier alpha value is -2.15. The number of alkyl halides is 3. The van der Waals surface area contributed by atoms with E-state index in [9.17, 15) is 13.2 Å². The molecule has 0 bridgehead atoms. The molecule has 1 saturated heterocycles. The summed E-state index contributed by atoms with van der Waals surface area (Å²) in [5, 5.41) is 4.67. The number of benzene rings is 1. The molecule has 2 N–H and O–H groups in total. The summed E-state index contributed by atoms with van der Waals surface area (Å²) >= 11 is 0. The lowest BCUT2D eigenvalue weighted by Crippen LogP contribution is -2.41. The molecule has 9 heteroatoms. The third kappa shape index (κ3) is 5.09. The summed E-state index contributed by atoms with van der Waals surface area (Å²) in [5.41, 5.74) is 1.95. The van der Waals surface area contributed by atoms with Crippen molar-refractivity contribution in [2.75, 3.05) is 44.7 Å². The van der Waals surface area contributed by atoms with Crippen molar-refractivity contribution in [2.45, 2.75) is 37.0 Å². The molecule has 1 fully saturated rings. The summed E-state index contributed by atoms with van der Waals surface area (Å²) in [7, 11) is 1.67. The van der Waals surface area contributed by atoms with Crippen molar-refractivity contribution in [2.24, 2.45) is 0 Å². The number of nitrogens with one attached hydrogen (secondary N) is 2. The van der Waals surface area contributed by atoms with E-state index in [1.165, 1.54) is 5.56 Å². The largest absolute Gasteiger partial charge is 0.380 e. The highest BCUT2D eigenvalue weighted by Crippen LogP contribution is 2.39. The third-order valence-electron chi connectivity index (χ3n) is 6.87. The number of pyridine rings is 1. The summed E-state index contributed by atoms with van der Waals surface area (Å²) in [5.74, 6) is 0. The summed E-state index contributed by atoms with van der Waals surface area (Å²) in [6, 6.07) is 12.0. The molecule has 5 rings (SSSR count). The number of aromatic amines is 1. The maximum absolute atomic E-state index is 14.0. The molecule has 34 heavy (non-hydrogen) atoms. The number of H-pyrrole nitrogens is 1. The Balaban J connectivity index is 1.38. The summed E-state index contributed by atoms with van der Waals surface area (Å²) < 4.78 is 40.5. The average molecular weight is 490 g/mol. The van der Waals surface area contributed by atoms with Crippen molar-refractivity contribution >= 4 is 25.8 Å². The van der Waals surface area contributed by atoms with Crippen LogP contribution in [-0.2, 0) is 6.42 Å². The SMILES string of the molecule is FCCCN1CCC(Nc2ccc(C3c4[nH]c5ccccc5c4CCN3CC(F)(F)P)nc2)C1. The molecule has 2 aromatic heterocycles. The van der Waals surface area contributed by atoms with Crippen LogP contribution >= 0.6 is 9.24 Å². The van der Waals surface area contributed by atoms with E-state index >= 15 is 0 Å². The lowest BCUT2D eigenvalue weighted by molar-refractivity contribution is 0.0382. The van der Waals surface area contributed by atoms with Gasteiger partial charge in [-0.3, -0.25) is 14.3 Å². The fraction of sp³-hybridized carbons (Fsp3) is 0.480. The Morgan fingerprint density at radius 3 is 2.79 bits per heavy atom. The molecule has 2 aliphatic heterocycles. The minimum absolute atomic E-state index is 0.279. The summed E-state index contributed by atoms with van der Waals surface area (Å²) in [4.78, 5) is 12.3. The monoisotopic (exact) mass is 489 g/mol. The van der Waals surface area contributed by atoms with Gasteiger partial charge in [0.1, 0.15) is 0 Å². The molecule has 0 spiro atoms. The lowest BCUT2D eigenvalue weighted by atomic mass is 9.95. The number of halogens is 3. The van der Waals surface area contributed by atoms with Crippen LogP contribution in [0.1, 0.15) is 35.8 Å². The Morgan fingerprint density at radius 2 is 2.03 bits per heavy atom. The second kappa shape index (κ2) is 9.84. The predicted molar refractivity (Wildman–Crippen MR) is 133 cm³/mol. The molecule has 2 aliphatic rings. The number of anilines is 1. The maximum atomic E-state index is 14.0. The Morgan fingerprint density at radius 1 is 1.18 bits per heavy atom. The van der Waals surface area contributed by atoms with Gasteiger partial charge in [-0.15, -0.1) is 0 Å². The van der Waals surface area contributed by atoms with Crippen LogP contribution in [0.5, 0.6) is 0 Å². The van der Waals surface area contributed by atoms with Gasteiger partial charge in [-0.25, -0.2) is 8.78 Å². The fourth-order valence-corrected chi connectivity index (χ4v) is 5.63. The van der Waals surface area contributed by atoms with E-state index in [4.69, 9.17) is 4.98 Å². The number of likely N-dealkylation sites (tertiary alicyclic amines) is 1. The van der Waals surface area contributed by atoms with Crippen LogP contribution in [0.2, 0.25) is 0 Å². The van der Waals surface area contributed by atoms with Crippen molar-refractivity contribution in [3.05, 3.63) is 59.5 Å². The van der Waals surface area contributed by atoms with E-state index in [1.54, 1.807) is 15.4 Å². The van der Waals surface area contributed by atoms with Gasteiger partial charge in [0, 0.05) is 48.8 Å². The first-order valence-corrected chi connectivity index (χ1v) is 12.5. The van der Waals surface area contributed by atoms with Gasteiger partial charge in [0.15, 0.2) is 0 Å². The molecule has 3 unspecified atom stereocenters. The van der Waals surface area contributed by atoms with E-state index < -0.39 is 5.66 Å². The van der Waals surface area contributed by atoms with Crippen LogP contribution in [0.4, 0.5) is 18.9 Å².